The number of carboxylic acids is 1. The lowest BCUT2D eigenvalue weighted by molar-refractivity contribution is -0.133. The van der Waals surface area contributed by atoms with Gasteiger partial charge in [-0.25, -0.2) is 4.98 Å². The van der Waals surface area contributed by atoms with Gasteiger partial charge in [-0.05, 0) is 61.6 Å². The molecule has 0 aliphatic rings. The number of thioether (sulfide) groups is 1. The predicted molar refractivity (Wildman–Crippen MR) is 85.8 cm³/mol. The van der Waals surface area contributed by atoms with Crippen LogP contribution in [-0.2, 0) is 10.3 Å². The third-order valence-corrected chi connectivity index (χ3v) is 4.18. The second-order valence-corrected chi connectivity index (χ2v) is 7.40. The minimum atomic E-state index is -0.827. The van der Waals surface area contributed by atoms with Crippen molar-refractivity contribution in [1.82, 2.24) is 9.55 Å². The Balaban J connectivity index is 2.58. The van der Waals surface area contributed by atoms with Crippen LogP contribution in [0.1, 0.15) is 20.8 Å². The zero-order valence-electron chi connectivity index (χ0n) is 11.0. The van der Waals surface area contributed by atoms with Crippen molar-refractivity contribution in [3.63, 3.8) is 0 Å². The number of imidazole rings is 1. The number of carbonyl (C=O) groups is 1. The molecule has 0 aliphatic heterocycles. The molecule has 0 bridgehead atoms. The van der Waals surface area contributed by atoms with Crippen molar-refractivity contribution in [3.8, 4) is 0 Å². The number of aromatic nitrogens is 2. The minimum Gasteiger partial charge on any atom is -0.481 e. The van der Waals surface area contributed by atoms with Gasteiger partial charge >= 0.3 is 5.97 Å². The maximum atomic E-state index is 10.7. The number of hydrogen-bond donors (Lipinski definition) is 1. The lowest BCUT2D eigenvalue weighted by Gasteiger charge is -2.24. The minimum absolute atomic E-state index is 0.0243. The number of rotatable bonds is 3. The summed E-state index contributed by atoms with van der Waals surface area (Å²) in [5.41, 5.74) is 1.82. The summed E-state index contributed by atoms with van der Waals surface area (Å²) in [6.07, 6.45) is 0. The summed E-state index contributed by atoms with van der Waals surface area (Å²) in [6, 6.07) is 6.10. The van der Waals surface area contributed by atoms with Crippen LogP contribution >= 0.6 is 34.4 Å². The molecule has 0 spiro atoms. The van der Waals surface area contributed by atoms with Gasteiger partial charge in [-0.2, -0.15) is 0 Å². The van der Waals surface area contributed by atoms with E-state index in [2.05, 4.69) is 52.9 Å². The zero-order valence-corrected chi connectivity index (χ0v) is 13.9. The Kier molecular flexibility index (Phi) is 4.10. The van der Waals surface area contributed by atoms with Crippen LogP contribution in [0, 0.1) is 3.57 Å². The first-order chi connectivity index (χ1) is 8.79. The quantitative estimate of drug-likeness (QED) is 0.643. The Morgan fingerprint density at radius 3 is 2.74 bits per heavy atom. The highest BCUT2D eigenvalue weighted by atomic mass is 127. The monoisotopic (exact) mass is 390 g/mol. The van der Waals surface area contributed by atoms with Crippen LogP contribution in [0.15, 0.2) is 23.4 Å². The molecule has 0 aliphatic carbocycles. The van der Waals surface area contributed by atoms with Gasteiger partial charge in [0.25, 0.3) is 0 Å². The van der Waals surface area contributed by atoms with Crippen molar-refractivity contribution in [2.75, 3.05) is 5.75 Å². The molecule has 0 radical (unpaired) electrons. The largest absolute Gasteiger partial charge is 0.481 e. The van der Waals surface area contributed by atoms with Crippen molar-refractivity contribution in [2.24, 2.45) is 0 Å². The van der Waals surface area contributed by atoms with Crippen molar-refractivity contribution >= 4 is 51.4 Å². The maximum absolute atomic E-state index is 10.7. The molecule has 102 valence electrons. The second kappa shape index (κ2) is 5.32. The van der Waals surface area contributed by atoms with E-state index in [4.69, 9.17) is 5.11 Å². The van der Waals surface area contributed by atoms with Crippen LogP contribution in [-0.4, -0.2) is 26.4 Å². The zero-order chi connectivity index (χ0) is 14.2. The number of halogens is 1. The summed E-state index contributed by atoms with van der Waals surface area (Å²) < 4.78 is 3.23. The number of fused-ring (bicyclic) bond motifs is 1. The van der Waals surface area contributed by atoms with E-state index in [1.807, 2.05) is 18.2 Å². The fourth-order valence-corrected chi connectivity index (χ4v) is 3.29. The number of aliphatic carboxylic acids is 1. The van der Waals surface area contributed by atoms with Crippen LogP contribution in [0.4, 0.5) is 0 Å². The molecule has 1 aromatic heterocycles. The first-order valence-electron chi connectivity index (χ1n) is 5.82. The third kappa shape index (κ3) is 3.22. The molecule has 0 amide bonds. The summed E-state index contributed by atoms with van der Waals surface area (Å²) in [4.78, 5) is 15.3. The molecule has 2 aromatic rings. The molecule has 0 saturated heterocycles. The van der Waals surface area contributed by atoms with Gasteiger partial charge in [0.2, 0.25) is 0 Å². The molecule has 0 fully saturated rings. The third-order valence-electron chi connectivity index (χ3n) is 2.58. The Hall–Kier alpha value is -0.760. The van der Waals surface area contributed by atoms with E-state index in [9.17, 15) is 4.79 Å². The van der Waals surface area contributed by atoms with Crippen LogP contribution in [0.5, 0.6) is 0 Å². The molecule has 1 N–H and O–H groups in total. The number of hydrogen-bond acceptors (Lipinski definition) is 3. The van der Waals surface area contributed by atoms with Crippen LogP contribution in [0.2, 0.25) is 0 Å². The summed E-state index contributed by atoms with van der Waals surface area (Å²) in [5.74, 6) is -0.802. The fraction of sp³-hybridized carbons (Fsp3) is 0.385. The van der Waals surface area contributed by atoms with Gasteiger partial charge in [0.05, 0.1) is 16.8 Å². The van der Waals surface area contributed by atoms with Gasteiger partial charge in [-0.3, -0.25) is 4.79 Å². The number of carboxylic acid groups (broad SMARTS) is 1. The average Bonchev–Trinajstić information content (AvgIpc) is 2.63. The van der Waals surface area contributed by atoms with E-state index < -0.39 is 5.97 Å². The lowest BCUT2D eigenvalue weighted by atomic mass is 10.1. The van der Waals surface area contributed by atoms with Crippen molar-refractivity contribution < 1.29 is 9.90 Å². The molecule has 0 saturated carbocycles. The van der Waals surface area contributed by atoms with Crippen molar-refractivity contribution in [2.45, 2.75) is 31.5 Å². The predicted octanol–water partition coefficient (Wildman–Crippen LogP) is 3.57. The second-order valence-electron chi connectivity index (χ2n) is 5.22. The van der Waals surface area contributed by atoms with Crippen LogP contribution in [0.25, 0.3) is 11.0 Å². The summed E-state index contributed by atoms with van der Waals surface area (Å²) in [6.45, 7) is 6.28. The van der Waals surface area contributed by atoms with Gasteiger partial charge in [-0.15, -0.1) is 0 Å². The standard InChI is InChI=1S/C13H15IN2O2S/c1-13(2,3)16-10-5-4-8(14)6-9(10)15-12(16)19-7-11(17)18/h4-6H,7H2,1-3H3,(H,17,18). The summed E-state index contributed by atoms with van der Waals surface area (Å²) in [7, 11) is 0. The molecule has 0 atom stereocenters. The Morgan fingerprint density at radius 1 is 1.47 bits per heavy atom. The van der Waals surface area contributed by atoms with Gasteiger partial charge in [0, 0.05) is 9.11 Å². The molecular weight excluding hydrogens is 375 g/mol. The molecule has 19 heavy (non-hydrogen) atoms. The first kappa shape index (κ1) is 14.6. The van der Waals surface area contributed by atoms with E-state index in [1.165, 1.54) is 11.8 Å². The average molecular weight is 390 g/mol. The summed E-state index contributed by atoms with van der Waals surface area (Å²) in [5, 5.41) is 9.58. The Bertz CT molecular complexity index is 631. The highest BCUT2D eigenvalue weighted by Crippen LogP contribution is 2.31. The van der Waals surface area contributed by atoms with E-state index in [-0.39, 0.29) is 11.3 Å². The van der Waals surface area contributed by atoms with E-state index in [1.54, 1.807) is 0 Å². The molecular formula is C13H15IN2O2S. The first-order valence-corrected chi connectivity index (χ1v) is 7.88. The van der Waals surface area contributed by atoms with Crippen LogP contribution < -0.4 is 0 Å². The number of nitrogens with zero attached hydrogens (tertiary/aromatic N) is 2. The van der Waals surface area contributed by atoms with Gasteiger partial charge in [-0.1, -0.05) is 11.8 Å². The van der Waals surface area contributed by atoms with E-state index in [0.29, 0.717) is 0 Å². The van der Waals surface area contributed by atoms with E-state index in [0.717, 1.165) is 19.8 Å². The SMILES string of the molecule is CC(C)(C)n1c(SCC(=O)O)nc2cc(I)ccc21. The lowest BCUT2D eigenvalue weighted by Crippen LogP contribution is -2.22. The Morgan fingerprint density at radius 2 is 2.16 bits per heavy atom. The molecule has 1 heterocycles. The highest BCUT2D eigenvalue weighted by molar-refractivity contribution is 14.1. The maximum Gasteiger partial charge on any atom is 0.313 e. The van der Waals surface area contributed by atoms with Gasteiger partial charge in [0.15, 0.2) is 5.16 Å². The normalized spacial score (nSPS) is 12.0. The van der Waals surface area contributed by atoms with Gasteiger partial charge in [0.1, 0.15) is 0 Å². The number of benzene rings is 1. The molecule has 6 heteroatoms. The Labute approximate surface area is 129 Å². The molecule has 4 nitrogen and oxygen atoms in total. The summed E-state index contributed by atoms with van der Waals surface area (Å²) >= 11 is 3.52. The molecule has 0 unspecified atom stereocenters. The highest BCUT2D eigenvalue weighted by Gasteiger charge is 2.22. The van der Waals surface area contributed by atoms with Gasteiger partial charge < -0.3 is 9.67 Å². The molecule has 2 rings (SSSR count). The van der Waals surface area contributed by atoms with Crippen LogP contribution in [0.3, 0.4) is 0 Å². The fourth-order valence-electron chi connectivity index (χ4n) is 1.90. The van der Waals surface area contributed by atoms with E-state index >= 15 is 0 Å². The molecule has 1 aromatic carbocycles. The van der Waals surface area contributed by atoms with Crippen molar-refractivity contribution in [3.05, 3.63) is 21.8 Å². The topological polar surface area (TPSA) is 55.1 Å². The smallest absolute Gasteiger partial charge is 0.313 e. The van der Waals surface area contributed by atoms with Crippen molar-refractivity contribution in [1.29, 1.82) is 0 Å².